The van der Waals surface area contributed by atoms with Crippen molar-refractivity contribution >= 4 is 27.8 Å². The van der Waals surface area contributed by atoms with Gasteiger partial charge in [-0.05, 0) is 44.9 Å². The number of rotatable bonds is 6. The molecule has 4 aliphatic carbocycles. The summed E-state index contributed by atoms with van der Waals surface area (Å²) < 4.78 is 30.3. The molecule has 6 rings (SSSR count). The Labute approximate surface area is 187 Å². The van der Waals surface area contributed by atoms with E-state index >= 15 is 0 Å². The summed E-state index contributed by atoms with van der Waals surface area (Å²) in [6, 6.07) is 1.81. The number of aromatic nitrogens is 2. The average Bonchev–Trinajstić information content (AvgIpc) is 3.48. The number of hydrogen-bond acceptors (Lipinski definition) is 6. The largest absolute Gasteiger partial charge is 0.446 e. The van der Waals surface area contributed by atoms with Gasteiger partial charge in [-0.2, -0.15) is 5.10 Å². The molecule has 1 saturated heterocycles. The Morgan fingerprint density at radius 2 is 2.09 bits per heavy atom. The molecule has 1 aromatic rings. The van der Waals surface area contributed by atoms with Crippen LogP contribution >= 0.6 is 0 Å². The number of hydrogen-bond donors (Lipinski definition) is 3. The van der Waals surface area contributed by atoms with Crippen LogP contribution in [0, 0.1) is 5.92 Å². The predicted octanol–water partition coefficient (Wildman–Crippen LogP) is 1.85. The van der Waals surface area contributed by atoms with Crippen LogP contribution in [0.2, 0.25) is 0 Å². The van der Waals surface area contributed by atoms with Crippen LogP contribution in [0.15, 0.2) is 17.7 Å². The molecule has 0 aromatic carbocycles. The van der Waals surface area contributed by atoms with Crippen molar-refractivity contribution in [3.8, 4) is 0 Å². The Morgan fingerprint density at radius 3 is 2.78 bits per heavy atom. The molecule has 0 spiro atoms. The number of nitrogens with one attached hydrogen (secondary N) is 3. The first-order valence-electron chi connectivity index (χ1n) is 11.2. The zero-order valence-electron chi connectivity index (χ0n) is 18.1. The van der Waals surface area contributed by atoms with Gasteiger partial charge in [-0.1, -0.05) is 11.6 Å². The van der Waals surface area contributed by atoms with Gasteiger partial charge in [0.05, 0.1) is 17.7 Å². The van der Waals surface area contributed by atoms with E-state index in [1.54, 1.807) is 0 Å². The molecule has 0 radical (unpaired) electrons. The van der Waals surface area contributed by atoms with E-state index in [1.165, 1.54) is 9.88 Å². The smallest absolute Gasteiger partial charge is 0.407 e. The number of carbonyl (C=O) groups excluding carboxylic acids is 2. The molecule has 5 aliphatic rings. The maximum Gasteiger partial charge on any atom is 0.407 e. The second-order valence-corrected chi connectivity index (χ2v) is 11.6. The lowest BCUT2D eigenvalue weighted by Gasteiger charge is -2.37. The highest BCUT2D eigenvalue weighted by molar-refractivity contribution is 7.88. The summed E-state index contributed by atoms with van der Waals surface area (Å²) in [6.45, 7) is 0.558. The molecule has 1 aliphatic heterocycles. The quantitative estimate of drug-likeness (QED) is 0.552. The van der Waals surface area contributed by atoms with E-state index in [0.717, 1.165) is 44.1 Å². The number of H-pyrrole nitrogens is 1. The van der Waals surface area contributed by atoms with E-state index in [0.29, 0.717) is 25.2 Å². The fourth-order valence-electron chi connectivity index (χ4n) is 5.39. The molecule has 3 atom stereocenters. The van der Waals surface area contributed by atoms with Gasteiger partial charge in [0, 0.05) is 30.8 Å². The lowest BCUT2D eigenvalue weighted by atomic mass is 9.79. The number of alkyl carbamates (subject to hydrolysis) is 1. The van der Waals surface area contributed by atoms with Crippen molar-refractivity contribution in [1.29, 1.82) is 0 Å². The van der Waals surface area contributed by atoms with E-state index in [-0.39, 0.29) is 42.0 Å². The summed E-state index contributed by atoms with van der Waals surface area (Å²) in [5, 5.41) is 13.0. The maximum atomic E-state index is 12.5. The average molecular weight is 464 g/mol. The summed E-state index contributed by atoms with van der Waals surface area (Å²) >= 11 is 0. The lowest BCUT2D eigenvalue weighted by molar-refractivity contribution is -0.119. The van der Waals surface area contributed by atoms with Gasteiger partial charge in [0.2, 0.25) is 15.9 Å². The number of nitrogens with zero attached hydrogens (tertiary/aromatic N) is 2. The number of ether oxygens (including phenoxy) is 1. The minimum atomic E-state index is -3.28. The molecule has 32 heavy (non-hydrogen) atoms. The van der Waals surface area contributed by atoms with Crippen LogP contribution in [0.1, 0.15) is 56.6 Å². The Kier molecular flexibility index (Phi) is 5.28. The normalized spacial score (nSPS) is 28.8. The summed E-state index contributed by atoms with van der Waals surface area (Å²) in [5.74, 6) is 0.00525. The molecular weight excluding hydrogens is 434 g/mol. The van der Waals surface area contributed by atoms with Gasteiger partial charge in [0.1, 0.15) is 6.10 Å². The molecule has 2 amide bonds. The third-order valence-corrected chi connectivity index (χ3v) is 8.49. The molecule has 1 aromatic heterocycles. The van der Waals surface area contributed by atoms with Crippen LogP contribution in [0.25, 0.3) is 0 Å². The van der Waals surface area contributed by atoms with Crippen molar-refractivity contribution in [2.75, 3.05) is 24.7 Å². The summed E-state index contributed by atoms with van der Waals surface area (Å²) in [5.41, 5.74) is 2.23. The number of anilines is 1. The van der Waals surface area contributed by atoms with Gasteiger partial charge in [0.25, 0.3) is 0 Å². The zero-order chi connectivity index (χ0) is 22.5. The van der Waals surface area contributed by atoms with E-state index in [1.807, 2.05) is 6.07 Å². The second kappa shape index (κ2) is 7.87. The van der Waals surface area contributed by atoms with Crippen LogP contribution in [0.5, 0.6) is 0 Å². The van der Waals surface area contributed by atoms with Crippen LogP contribution in [0.4, 0.5) is 10.6 Å². The highest BCUT2D eigenvalue weighted by Crippen LogP contribution is 2.47. The molecular formula is C21H29N5O5S. The SMILES string of the molecule is CS(=O)(=O)N1CC[C@@H](C(=O)Nc2cc([C@H]3CC[C@@H](OC(=O)NC45CC=C(C4)C5)C3)[nH]n2)C1. The summed E-state index contributed by atoms with van der Waals surface area (Å²) in [4.78, 5) is 24.8. The highest BCUT2D eigenvalue weighted by atomic mass is 32.2. The molecule has 0 unspecified atom stereocenters. The highest BCUT2D eigenvalue weighted by Gasteiger charge is 2.46. The number of aromatic amines is 1. The number of fused-ring (bicyclic) bond motifs is 1. The van der Waals surface area contributed by atoms with Gasteiger partial charge in [-0.15, -0.1) is 0 Å². The van der Waals surface area contributed by atoms with Crippen LogP contribution < -0.4 is 10.6 Å². The molecule has 11 heteroatoms. The van der Waals surface area contributed by atoms with E-state index in [9.17, 15) is 18.0 Å². The van der Waals surface area contributed by atoms with Crippen LogP contribution in [-0.4, -0.2) is 65.9 Å². The monoisotopic (exact) mass is 463 g/mol. The van der Waals surface area contributed by atoms with E-state index in [2.05, 4.69) is 26.9 Å². The third kappa shape index (κ3) is 4.27. The molecule has 3 fully saturated rings. The van der Waals surface area contributed by atoms with Gasteiger partial charge in [-0.25, -0.2) is 17.5 Å². The van der Waals surface area contributed by atoms with Crippen LogP contribution in [0.3, 0.4) is 0 Å². The Morgan fingerprint density at radius 1 is 1.28 bits per heavy atom. The molecule has 2 saturated carbocycles. The Balaban J connectivity index is 1.09. The lowest BCUT2D eigenvalue weighted by Crippen LogP contribution is -2.51. The van der Waals surface area contributed by atoms with Crippen molar-refractivity contribution in [1.82, 2.24) is 19.8 Å². The molecule has 3 N–H and O–H groups in total. The third-order valence-electron chi connectivity index (χ3n) is 7.22. The summed E-state index contributed by atoms with van der Waals surface area (Å²) in [6.07, 6.45) is 8.57. The fourth-order valence-corrected chi connectivity index (χ4v) is 6.28. The van der Waals surface area contributed by atoms with Crippen molar-refractivity contribution in [3.05, 3.63) is 23.4 Å². The Hall–Kier alpha value is -2.40. The van der Waals surface area contributed by atoms with Crippen molar-refractivity contribution < 1.29 is 22.7 Å². The van der Waals surface area contributed by atoms with E-state index < -0.39 is 10.0 Å². The van der Waals surface area contributed by atoms with Gasteiger partial charge in [-0.3, -0.25) is 9.89 Å². The maximum absolute atomic E-state index is 12.5. The van der Waals surface area contributed by atoms with Crippen molar-refractivity contribution in [2.45, 2.75) is 62.5 Å². The second-order valence-electron chi connectivity index (χ2n) is 9.67. The van der Waals surface area contributed by atoms with E-state index in [4.69, 9.17) is 4.74 Å². The number of sulfonamides is 1. The first kappa shape index (κ1) is 21.4. The number of amides is 2. The molecule has 2 bridgehead atoms. The zero-order valence-corrected chi connectivity index (χ0v) is 18.9. The molecule has 10 nitrogen and oxygen atoms in total. The number of carbonyl (C=O) groups is 2. The fraction of sp³-hybridized carbons (Fsp3) is 0.667. The van der Waals surface area contributed by atoms with Gasteiger partial charge in [0.15, 0.2) is 5.82 Å². The van der Waals surface area contributed by atoms with Crippen LogP contribution in [-0.2, 0) is 19.6 Å². The predicted molar refractivity (Wildman–Crippen MR) is 116 cm³/mol. The minimum absolute atomic E-state index is 0.0986. The molecule has 174 valence electrons. The topological polar surface area (TPSA) is 133 Å². The first-order chi connectivity index (χ1) is 15.2. The van der Waals surface area contributed by atoms with Gasteiger partial charge < -0.3 is 15.4 Å². The first-order valence-corrected chi connectivity index (χ1v) is 13.0. The standard InChI is InChI=1S/C21H29N5O5S/c1-32(29,30)26-7-5-15(12-26)19(27)22-18-9-17(24-25-18)14-2-3-16(8-14)31-20(28)23-21-6-4-13(10-21)11-21/h4,9,14-16H,2-3,5-8,10-12H2,1H3,(H,23,28)(H2,22,24,25,27)/t14-,15+,16+/m0/s1. The van der Waals surface area contributed by atoms with Gasteiger partial charge >= 0.3 is 6.09 Å². The van der Waals surface area contributed by atoms with Crippen molar-refractivity contribution in [2.24, 2.45) is 5.92 Å². The van der Waals surface area contributed by atoms with Crippen molar-refractivity contribution in [3.63, 3.8) is 0 Å². The Bertz CT molecular complexity index is 1050. The summed E-state index contributed by atoms with van der Waals surface area (Å²) in [7, 11) is -3.28. The minimum Gasteiger partial charge on any atom is -0.446 e. The molecule has 2 heterocycles.